The molecule has 0 saturated carbocycles. The maximum Gasteiger partial charge on any atom is -0.00501 e. The summed E-state index contributed by atoms with van der Waals surface area (Å²) >= 11 is 0. The fraction of sp³-hybridized carbons (Fsp3) is 0.375. The van der Waals surface area contributed by atoms with Crippen molar-refractivity contribution in [1.82, 2.24) is 0 Å². The summed E-state index contributed by atoms with van der Waals surface area (Å²) in [6.45, 7) is 9.10. The second-order valence-corrected chi connectivity index (χ2v) is 5.62. The summed E-state index contributed by atoms with van der Waals surface area (Å²) in [5, 5.41) is 0. The van der Waals surface area contributed by atoms with Crippen molar-refractivity contribution in [2.24, 2.45) is 5.41 Å². The Balaban J connectivity index is 2.28. The van der Waals surface area contributed by atoms with E-state index in [1.807, 2.05) is 0 Å². The molecule has 2 rings (SSSR count). The Morgan fingerprint density at radius 3 is 2.12 bits per heavy atom. The second-order valence-electron chi connectivity index (χ2n) is 5.62. The van der Waals surface area contributed by atoms with Crippen LogP contribution < -0.4 is 0 Å². The molecule has 0 heterocycles. The molecule has 0 bridgehead atoms. The third kappa shape index (κ3) is 2.11. The van der Waals surface area contributed by atoms with E-state index in [1.54, 1.807) is 5.57 Å². The van der Waals surface area contributed by atoms with Crippen LogP contribution >= 0.6 is 0 Å². The van der Waals surface area contributed by atoms with Crippen LogP contribution in [-0.2, 0) is 0 Å². The number of hydrogen-bond acceptors (Lipinski definition) is 0. The maximum absolute atomic E-state index is 2.36. The standard InChI is InChI=1S/C16H20/c1-12-10-14(16(2,3)4)11-15(12)13-8-6-5-7-9-13/h5-10H,11H2,1-4H3. The first-order chi connectivity index (χ1) is 7.48. The van der Waals surface area contributed by atoms with Crippen LogP contribution in [0.15, 0.2) is 47.6 Å². The van der Waals surface area contributed by atoms with Crippen LogP contribution in [0.2, 0.25) is 0 Å². The van der Waals surface area contributed by atoms with Gasteiger partial charge < -0.3 is 0 Å². The van der Waals surface area contributed by atoms with Gasteiger partial charge in [-0.15, -0.1) is 0 Å². The highest BCUT2D eigenvalue weighted by Crippen LogP contribution is 2.40. The molecule has 84 valence electrons. The van der Waals surface area contributed by atoms with Crippen molar-refractivity contribution in [2.45, 2.75) is 34.1 Å². The summed E-state index contributed by atoms with van der Waals surface area (Å²) in [5.74, 6) is 0. The molecule has 0 nitrogen and oxygen atoms in total. The Hall–Kier alpha value is -1.30. The van der Waals surface area contributed by atoms with Gasteiger partial charge >= 0.3 is 0 Å². The minimum absolute atomic E-state index is 0.289. The highest BCUT2D eigenvalue weighted by atomic mass is 14.3. The van der Waals surface area contributed by atoms with E-state index in [2.05, 4.69) is 64.1 Å². The molecule has 0 fully saturated rings. The maximum atomic E-state index is 2.36. The van der Waals surface area contributed by atoms with E-state index >= 15 is 0 Å². The smallest absolute Gasteiger partial charge is 0.00501 e. The van der Waals surface area contributed by atoms with E-state index in [0.717, 1.165) is 6.42 Å². The van der Waals surface area contributed by atoms with Gasteiger partial charge in [0.2, 0.25) is 0 Å². The largest absolute Gasteiger partial charge is 0.0622 e. The van der Waals surface area contributed by atoms with Crippen molar-refractivity contribution in [1.29, 1.82) is 0 Å². The molecule has 0 N–H and O–H groups in total. The SMILES string of the molecule is CC1=C(c2ccccc2)CC(C(C)(C)C)=C1. The molecule has 0 saturated heterocycles. The van der Waals surface area contributed by atoms with Crippen LogP contribution in [-0.4, -0.2) is 0 Å². The third-order valence-electron chi connectivity index (χ3n) is 3.32. The average molecular weight is 212 g/mol. The van der Waals surface area contributed by atoms with Gasteiger partial charge in [-0.1, -0.05) is 62.8 Å². The summed E-state index contributed by atoms with van der Waals surface area (Å²) in [4.78, 5) is 0. The second kappa shape index (κ2) is 3.93. The van der Waals surface area contributed by atoms with Crippen LogP contribution in [0.25, 0.3) is 5.57 Å². The molecular weight excluding hydrogens is 192 g/mol. The van der Waals surface area contributed by atoms with E-state index in [0.29, 0.717) is 0 Å². The number of hydrogen-bond donors (Lipinski definition) is 0. The summed E-state index contributed by atoms with van der Waals surface area (Å²) in [7, 11) is 0. The summed E-state index contributed by atoms with van der Waals surface area (Å²) in [5.41, 5.74) is 6.12. The van der Waals surface area contributed by atoms with Crippen LogP contribution in [0, 0.1) is 5.41 Å². The Morgan fingerprint density at radius 2 is 1.62 bits per heavy atom. The van der Waals surface area contributed by atoms with Crippen molar-refractivity contribution in [3.8, 4) is 0 Å². The molecule has 0 heteroatoms. The first-order valence-electron chi connectivity index (χ1n) is 5.95. The molecule has 16 heavy (non-hydrogen) atoms. The number of allylic oxidation sites excluding steroid dienone is 4. The van der Waals surface area contributed by atoms with E-state index in [9.17, 15) is 0 Å². The predicted molar refractivity (Wildman–Crippen MR) is 71.2 cm³/mol. The highest BCUT2D eigenvalue weighted by Gasteiger charge is 2.23. The number of benzene rings is 1. The lowest BCUT2D eigenvalue weighted by Crippen LogP contribution is -2.07. The average Bonchev–Trinajstić information content (AvgIpc) is 2.61. The lowest BCUT2D eigenvalue weighted by Gasteiger charge is -2.21. The zero-order valence-electron chi connectivity index (χ0n) is 10.7. The predicted octanol–water partition coefficient (Wildman–Crippen LogP) is 4.84. The monoisotopic (exact) mass is 212 g/mol. The zero-order valence-corrected chi connectivity index (χ0v) is 10.7. The van der Waals surface area contributed by atoms with Gasteiger partial charge in [0.15, 0.2) is 0 Å². The quantitative estimate of drug-likeness (QED) is 0.625. The Labute approximate surface area is 98.7 Å². The lowest BCUT2D eigenvalue weighted by molar-refractivity contribution is 0.497. The van der Waals surface area contributed by atoms with Gasteiger partial charge in [-0.25, -0.2) is 0 Å². The molecule has 0 spiro atoms. The number of rotatable bonds is 1. The Kier molecular flexibility index (Phi) is 2.75. The van der Waals surface area contributed by atoms with Crippen LogP contribution in [0.1, 0.15) is 39.7 Å². The molecule has 1 aliphatic carbocycles. The molecule has 0 radical (unpaired) electrons. The molecule has 1 aromatic rings. The van der Waals surface area contributed by atoms with Gasteiger partial charge in [-0.2, -0.15) is 0 Å². The van der Waals surface area contributed by atoms with Crippen molar-refractivity contribution in [2.75, 3.05) is 0 Å². The molecule has 0 aromatic heterocycles. The topological polar surface area (TPSA) is 0 Å². The molecule has 0 aliphatic heterocycles. The Bertz CT molecular complexity index is 439. The van der Waals surface area contributed by atoms with E-state index in [-0.39, 0.29) is 5.41 Å². The minimum atomic E-state index is 0.289. The first kappa shape index (κ1) is 11.2. The van der Waals surface area contributed by atoms with Gasteiger partial charge in [0, 0.05) is 0 Å². The molecule has 0 atom stereocenters. The van der Waals surface area contributed by atoms with Crippen LogP contribution in [0.5, 0.6) is 0 Å². The molecule has 1 aliphatic rings. The van der Waals surface area contributed by atoms with Gasteiger partial charge in [0.1, 0.15) is 0 Å². The fourth-order valence-electron chi connectivity index (χ4n) is 2.18. The van der Waals surface area contributed by atoms with Crippen molar-refractivity contribution >= 4 is 5.57 Å². The van der Waals surface area contributed by atoms with Gasteiger partial charge in [-0.05, 0) is 35.5 Å². The summed E-state index contributed by atoms with van der Waals surface area (Å²) in [6.07, 6.45) is 3.47. The van der Waals surface area contributed by atoms with Crippen molar-refractivity contribution in [3.63, 3.8) is 0 Å². The highest BCUT2D eigenvalue weighted by molar-refractivity contribution is 5.76. The van der Waals surface area contributed by atoms with Gasteiger partial charge in [0.05, 0.1) is 0 Å². The van der Waals surface area contributed by atoms with Crippen LogP contribution in [0.4, 0.5) is 0 Å². The third-order valence-corrected chi connectivity index (χ3v) is 3.32. The van der Waals surface area contributed by atoms with E-state index < -0.39 is 0 Å². The normalized spacial score (nSPS) is 16.6. The molecule has 0 amide bonds. The van der Waals surface area contributed by atoms with Crippen molar-refractivity contribution in [3.05, 3.63) is 53.1 Å². The Morgan fingerprint density at radius 1 is 1.00 bits per heavy atom. The van der Waals surface area contributed by atoms with E-state index in [1.165, 1.54) is 16.7 Å². The van der Waals surface area contributed by atoms with Gasteiger partial charge in [-0.3, -0.25) is 0 Å². The first-order valence-corrected chi connectivity index (χ1v) is 5.95. The summed E-state index contributed by atoms with van der Waals surface area (Å²) in [6, 6.07) is 10.7. The minimum Gasteiger partial charge on any atom is -0.0622 e. The molecule has 1 aromatic carbocycles. The van der Waals surface area contributed by atoms with Crippen LogP contribution in [0.3, 0.4) is 0 Å². The lowest BCUT2D eigenvalue weighted by atomic mass is 9.84. The fourth-order valence-corrected chi connectivity index (χ4v) is 2.18. The molecular formula is C16H20. The zero-order chi connectivity index (χ0) is 11.8. The summed E-state index contributed by atoms with van der Waals surface area (Å²) < 4.78 is 0. The van der Waals surface area contributed by atoms with Gasteiger partial charge in [0.25, 0.3) is 0 Å². The van der Waals surface area contributed by atoms with Crippen molar-refractivity contribution < 1.29 is 0 Å². The van der Waals surface area contributed by atoms with E-state index in [4.69, 9.17) is 0 Å². The molecule has 0 unspecified atom stereocenters.